The molecule has 0 bridgehead atoms. The minimum Gasteiger partial charge on any atom is -0.371 e. The minimum absolute atomic E-state index is 0.0103. The van der Waals surface area contributed by atoms with E-state index in [-0.39, 0.29) is 29.2 Å². The first-order valence-corrected chi connectivity index (χ1v) is 12.2. The molecule has 188 valence electrons. The number of rotatable bonds is 11. The van der Waals surface area contributed by atoms with Gasteiger partial charge in [0.25, 0.3) is 17.6 Å². The highest BCUT2D eigenvalue weighted by molar-refractivity contribution is 6.29. The number of aryl methyl sites for hydroxylation is 2. The highest BCUT2D eigenvalue weighted by Crippen LogP contribution is 2.19. The van der Waals surface area contributed by atoms with Gasteiger partial charge in [-0.05, 0) is 46.0 Å². The molecule has 3 aromatic rings. The Bertz CT molecular complexity index is 1210. The molecule has 0 saturated heterocycles. The van der Waals surface area contributed by atoms with Crippen molar-refractivity contribution in [2.24, 2.45) is 0 Å². The monoisotopic (exact) mass is 501 g/mol. The van der Waals surface area contributed by atoms with E-state index in [0.29, 0.717) is 31.0 Å². The van der Waals surface area contributed by atoms with Crippen LogP contribution in [0, 0.1) is 0 Å². The Labute approximate surface area is 210 Å². The molecule has 10 nitrogen and oxygen atoms in total. The van der Waals surface area contributed by atoms with Crippen molar-refractivity contribution in [3.8, 4) is 0 Å². The average Bonchev–Trinajstić information content (AvgIpc) is 3.18. The summed E-state index contributed by atoms with van der Waals surface area (Å²) in [5.41, 5.74) is 2.73. The molecule has 0 spiro atoms. The number of hydrogen-bond donors (Lipinski definition) is 3. The molecule has 3 rings (SSSR count). The lowest BCUT2D eigenvalue weighted by molar-refractivity contribution is -0.676. The average molecular weight is 502 g/mol. The molecule has 2 amide bonds. The summed E-state index contributed by atoms with van der Waals surface area (Å²) >= 11 is 5.96. The molecule has 3 N–H and O–H groups in total. The fraction of sp³-hybridized carbons (Fsp3) is 0.458. The van der Waals surface area contributed by atoms with Crippen molar-refractivity contribution in [2.45, 2.75) is 39.9 Å². The van der Waals surface area contributed by atoms with Gasteiger partial charge in [-0.15, -0.1) is 0 Å². The van der Waals surface area contributed by atoms with E-state index in [0.717, 1.165) is 29.8 Å². The molecule has 1 aromatic carbocycles. The molecule has 2 heterocycles. The second-order valence-corrected chi connectivity index (χ2v) is 8.50. The molecule has 0 unspecified atom stereocenters. The van der Waals surface area contributed by atoms with Crippen molar-refractivity contribution in [3.63, 3.8) is 0 Å². The van der Waals surface area contributed by atoms with Gasteiger partial charge in [-0.2, -0.15) is 0 Å². The van der Waals surface area contributed by atoms with Gasteiger partial charge in [-0.25, -0.2) is 19.1 Å². The Morgan fingerprint density at radius 2 is 2.00 bits per heavy atom. The minimum atomic E-state index is -0.376. The van der Waals surface area contributed by atoms with E-state index in [9.17, 15) is 9.59 Å². The Balaban J connectivity index is 1.91. The third kappa shape index (κ3) is 5.71. The number of aromatic nitrogens is 4. The van der Waals surface area contributed by atoms with Gasteiger partial charge in [-0.1, -0.05) is 11.6 Å². The van der Waals surface area contributed by atoms with E-state index in [4.69, 9.17) is 11.6 Å². The largest absolute Gasteiger partial charge is 0.371 e. The second kappa shape index (κ2) is 11.9. The molecule has 0 radical (unpaired) electrons. The lowest BCUT2D eigenvalue weighted by atomic mass is 10.1. The van der Waals surface area contributed by atoms with Gasteiger partial charge in [0.2, 0.25) is 0 Å². The molecule has 2 aromatic heterocycles. The molecule has 0 aliphatic heterocycles. The normalized spacial score (nSPS) is 11.0. The van der Waals surface area contributed by atoms with Crippen molar-refractivity contribution in [1.82, 2.24) is 30.1 Å². The summed E-state index contributed by atoms with van der Waals surface area (Å²) in [6.45, 7) is 7.32. The van der Waals surface area contributed by atoms with Gasteiger partial charge in [-0.3, -0.25) is 9.59 Å². The zero-order chi connectivity index (χ0) is 25.5. The summed E-state index contributed by atoms with van der Waals surface area (Å²) in [5.74, 6) is 0.891. The third-order valence-electron chi connectivity index (χ3n) is 5.93. The van der Waals surface area contributed by atoms with E-state index in [1.807, 2.05) is 39.2 Å². The number of fused-ring (bicyclic) bond motifs is 1. The number of halogens is 1. The number of carbonyl (C=O) groups excluding carboxylic acids is 2. The lowest BCUT2D eigenvalue weighted by Gasteiger charge is -2.16. The standard InChI is InChI=1S/C24H33ClN8O2/c1-6-32-17-10-9-16(24(35)31(5)12-8-11-26-3)13-18(17)33(7-2)20(32)15-29-23(34)21-22(27-4)28-14-19(25)30-21/h9-10,13-14,26H,6-8,11-12,15H2,1-5H3,(H-,27,28,29,34)/p+1. The molecule has 11 heteroatoms. The van der Waals surface area contributed by atoms with Gasteiger partial charge in [0.05, 0.1) is 19.3 Å². The quantitative estimate of drug-likeness (QED) is 0.274. The number of nitrogens with one attached hydrogen (secondary N) is 3. The first kappa shape index (κ1) is 26.4. The summed E-state index contributed by atoms with van der Waals surface area (Å²) in [4.78, 5) is 35.9. The maximum absolute atomic E-state index is 13.0. The van der Waals surface area contributed by atoms with Gasteiger partial charge in [0.1, 0.15) is 11.7 Å². The summed E-state index contributed by atoms with van der Waals surface area (Å²) in [6, 6.07) is 5.79. The lowest BCUT2D eigenvalue weighted by Crippen LogP contribution is -2.40. The molecule has 0 atom stereocenters. The first-order chi connectivity index (χ1) is 16.9. The maximum Gasteiger partial charge on any atom is 0.277 e. The topological polar surface area (TPSA) is 108 Å². The van der Waals surface area contributed by atoms with E-state index in [1.165, 1.54) is 6.20 Å². The van der Waals surface area contributed by atoms with Crippen LogP contribution in [-0.4, -0.2) is 65.5 Å². The Hall–Kier alpha value is -3.24. The number of imidazole rings is 1. The summed E-state index contributed by atoms with van der Waals surface area (Å²) in [7, 11) is 5.40. The molecule has 0 aliphatic carbocycles. The highest BCUT2D eigenvalue weighted by atomic mass is 35.5. The van der Waals surface area contributed by atoms with E-state index >= 15 is 0 Å². The van der Waals surface area contributed by atoms with E-state index < -0.39 is 0 Å². The van der Waals surface area contributed by atoms with E-state index in [2.05, 4.69) is 42.0 Å². The third-order valence-corrected chi connectivity index (χ3v) is 6.11. The number of nitrogens with zero attached hydrogens (tertiary/aromatic N) is 5. The highest BCUT2D eigenvalue weighted by Gasteiger charge is 2.26. The number of amides is 2. The zero-order valence-corrected chi connectivity index (χ0v) is 21.7. The SMILES string of the molecule is CCn1c(CNC(=O)c2nc(Cl)cnc2NC)[n+](CC)c2ccc(C(=O)N(C)CCCNC)cc21. The first-order valence-electron chi connectivity index (χ1n) is 11.8. The Morgan fingerprint density at radius 3 is 2.66 bits per heavy atom. The van der Waals surface area contributed by atoms with Crippen molar-refractivity contribution in [3.05, 3.63) is 46.6 Å². The molecular weight excluding hydrogens is 468 g/mol. The fourth-order valence-electron chi connectivity index (χ4n) is 4.19. The van der Waals surface area contributed by atoms with Crippen LogP contribution in [0.4, 0.5) is 5.82 Å². The number of anilines is 1. The number of hydrogen-bond acceptors (Lipinski definition) is 6. The van der Waals surface area contributed by atoms with Crippen LogP contribution in [0.5, 0.6) is 0 Å². The predicted octanol–water partition coefficient (Wildman–Crippen LogP) is 2.07. The second-order valence-electron chi connectivity index (χ2n) is 8.11. The number of carbonyl (C=O) groups is 2. The summed E-state index contributed by atoms with van der Waals surface area (Å²) < 4.78 is 4.27. The van der Waals surface area contributed by atoms with Gasteiger partial charge in [0.15, 0.2) is 22.5 Å². The van der Waals surface area contributed by atoms with Crippen LogP contribution in [0.2, 0.25) is 5.15 Å². The Morgan fingerprint density at radius 1 is 1.23 bits per heavy atom. The van der Waals surface area contributed by atoms with E-state index in [1.54, 1.807) is 11.9 Å². The Kier molecular flexibility index (Phi) is 9.00. The molecular formula is C24H34ClN8O2+. The van der Waals surface area contributed by atoms with Crippen LogP contribution in [0.1, 0.15) is 46.9 Å². The maximum atomic E-state index is 13.0. The van der Waals surface area contributed by atoms with Crippen LogP contribution >= 0.6 is 11.6 Å². The predicted molar refractivity (Wildman–Crippen MR) is 137 cm³/mol. The van der Waals surface area contributed by atoms with Crippen LogP contribution < -0.4 is 20.5 Å². The molecule has 0 fully saturated rings. The fourth-order valence-corrected chi connectivity index (χ4v) is 4.32. The van der Waals surface area contributed by atoms with Gasteiger partial charge >= 0.3 is 0 Å². The van der Waals surface area contributed by atoms with Gasteiger partial charge < -0.3 is 20.9 Å². The van der Waals surface area contributed by atoms with Crippen LogP contribution in [0.25, 0.3) is 11.0 Å². The van der Waals surface area contributed by atoms with Crippen LogP contribution in [0.15, 0.2) is 24.4 Å². The summed E-state index contributed by atoms with van der Waals surface area (Å²) in [5, 5.41) is 9.07. The molecule has 0 saturated carbocycles. The van der Waals surface area contributed by atoms with Crippen LogP contribution in [-0.2, 0) is 19.6 Å². The van der Waals surface area contributed by atoms with Crippen LogP contribution in [0.3, 0.4) is 0 Å². The molecule has 0 aliphatic rings. The van der Waals surface area contributed by atoms with Gasteiger partial charge in [0, 0.05) is 32.3 Å². The van der Waals surface area contributed by atoms with Crippen molar-refractivity contribution >= 4 is 40.3 Å². The molecule has 35 heavy (non-hydrogen) atoms. The summed E-state index contributed by atoms with van der Waals surface area (Å²) in [6.07, 6.45) is 2.28. The van der Waals surface area contributed by atoms with Crippen molar-refractivity contribution < 1.29 is 14.2 Å². The number of benzene rings is 1. The van der Waals surface area contributed by atoms with Crippen molar-refractivity contribution in [1.29, 1.82) is 0 Å². The van der Waals surface area contributed by atoms with Crippen molar-refractivity contribution in [2.75, 3.05) is 39.5 Å². The zero-order valence-electron chi connectivity index (χ0n) is 21.0. The smallest absolute Gasteiger partial charge is 0.277 e.